The fraction of sp³-hybridized carbons (Fsp3) is 0.384. The van der Waals surface area contributed by atoms with Gasteiger partial charge in [-0.25, -0.2) is 14.4 Å². The number of azide groups is 1. The molecular weight excluding hydrogens is 1510 g/mol. The van der Waals surface area contributed by atoms with Crippen LogP contribution in [0.25, 0.3) is 10.4 Å². The molecule has 18 atom stereocenters. The Morgan fingerprint density at radius 1 is 0.430 bits per heavy atom. The van der Waals surface area contributed by atoms with Crippen molar-refractivity contribution < 1.29 is 104 Å². The highest BCUT2D eigenvalue weighted by Crippen LogP contribution is 2.41. The fourth-order valence-corrected chi connectivity index (χ4v) is 13.7. The molecule has 1 N–H and O–H groups in total. The maximum Gasteiger partial charge on any atom is 0.411 e. The van der Waals surface area contributed by atoms with E-state index in [0.717, 1.165) is 22.3 Å². The number of nitrogens with zero attached hydrogens (tertiary/aromatic N) is 3. The predicted octanol–water partition coefficient (Wildman–Crippen LogP) is 14.8. The standard InChI is InChI=1S/C86H90Cl2N4O22/c1-53-68(108-80(95)63-26-16-8-17-27-63)44-70(101-47-61-30-36-65(87)37-31-61)82(105-53)112-75-72(51-98-46-58-20-10-5-11-21-58)110-84(99-43-42-57-34-40-67(41-35-57)90-86(97)104-50-60-24-14-7-15-25-60)74(91-92-89)77(75)113-85-79(78(103-49-59-22-12-6-13-23-59)76(107-56(4)94)73(111-85)52-100-55(3)93)114-83-71(102-48-62-32-38-66(88)39-33-62)45-69(54(2)106-83)109-81(96)64-28-18-9-19-29-64/h5-41,53-54,68-79,82-85H,42-52H2,1-4H3,(H,90,97)/t53-,54-,68-,69-,70-,71-,72+,73+,74+,75+,76-,77+,78-,79+,82-,83-,84+,85-/m0/s1. The first-order valence-electron chi connectivity index (χ1n) is 37.6. The second kappa shape index (κ2) is 42.1. The number of esters is 4. The molecule has 26 nitrogen and oxygen atoms in total. The van der Waals surface area contributed by atoms with E-state index in [0.29, 0.717) is 38.0 Å². The summed E-state index contributed by atoms with van der Waals surface area (Å²) in [5.41, 5.74) is 16.6. The summed E-state index contributed by atoms with van der Waals surface area (Å²) >= 11 is 12.8. The summed E-state index contributed by atoms with van der Waals surface area (Å²) in [6.07, 6.45) is -22.7. The van der Waals surface area contributed by atoms with Crippen LogP contribution in [0.4, 0.5) is 10.5 Å². The van der Waals surface area contributed by atoms with E-state index in [4.69, 9.17) is 104 Å². The summed E-state index contributed by atoms with van der Waals surface area (Å²) in [7, 11) is 0. The zero-order valence-electron chi connectivity index (χ0n) is 63.1. The van der Waals surface area contributed by atoms with Crippen molar-refractivity contribution in [3.8, 4) is 0 Å². The molecule has 28 heteroatoms. The number of nitrogens with one attached hydrogen (secondary N) is 1. The fourth-order valence-electron chi connectivity index (χ4n) is 13.5. The minimum absolute atomic E-state index is 0.00809. The van der Waals surface area contributed by atoms with Gasteiger partial charge in [0.05, 0.1) is 63.0 Å². The van der Waals surface area contributed by atoms with Crippen molar-refractivity contribution >= 4 is 58.9 Å². The monoisotopic (exact) mass is 1600 g/mol. The van der Waals surface area contributed by atoms with E-state index in [1.54, 1.807) is 147 Å². The lowest BCUT2D eigenvalue weighted by Crippen LogP contribution is -2.67. The lowest BCUT2D eigenvalue weighted by Gasteiger charge is -2.51. The molecule has 4 aliphatic heterocycles. The van der Waals surface area contributed by atoms with E-state index < -0.39 is 147 Å². The molecule has 8 aromatic rings. The molecule has 0 aromatic heterocycles. The van der Waals surface area contributed by atoms with Crippen LogP contribution in [0, 0.1) is 0 Å². The van der Waals surface area contributed by atoms with E-state index in [1.165, 1.54) is 13.8 Å². The van der Waals surface area contributed by atoms with Gasteiger partial charge >= 0.3 is 30.0 Å². The van der Waals surface area contributed by atoms with Crippen LogP contribution in [-0.4, -0.2) is 160 Å². The van der Waals surface area contributed by atoms with E-state index >= 15 is 0 Å². The molecule has 0 bridgehead atoms. The Hall–Kier alpha value is -9.68. The highest BCUT2D eigenvalue weighted by Gasteiger charge is 2.58. The second-order valence-corrected chi connectivity index (χ2v) is 28.6. The van der Waals surface area contributed by atoms with Gasteiger partial charge in [0.1, 0.15) is 80.3 Å². The molecule has 4 heterocycles. The van der Waals surface area contributed by atoms with Crippen LogP contribution in [0.3, 0.4) is 0 Å². The third kappa shape index (κ3) is 24.2. The van der Waals surface area contributed by atoms with Crippen LogP contribution in [0.5, 0.6) is 0 Å². The van der Waals surface area contributed by atoms with Gasteiger partial charge < -0.3 is 80.5 Å². The first-order valence-corrected chi connectivity index (χ1v) is 38.3. The third-order valence-corrected chi connectivity index (χ3v) is 19.9. The Morgan fingerprint density at radius 3 is 1.39 bits per heavy atom. The number of ether oxygens (including phenoxy) is 17. The summed E-state index contributed by atoms with van der Waals surface area (Å²) in [5.74, 6) is -2.73. The molecule has 0 saturated carbocycles. The van der Waals surface area contributed by atoms with Crippen LogP contribution >= 0.6 is 23.2 Å². The predicted molar refractivity (Wildman–Crippen MR) is 414 cm³/mol. The summed E-state index contributed by atoms with van der Waals surface area (Å²) in [5, 5.41) is 8.19. The minimum Gasteiger partial charge on any atom is -0.463 e. The van der Waals surface area contributed by atoms with Crippen molar-refractivity contribution in [1.29, 1.82) is 0 Å². The average molecular weight is 1600 g/mol. The van der Waals surface area contributed by atoms with Crippen molar-refractivity contribution in [3.05, 3.63) is 289 Å². The number of anilines is 1. The molecule has 8 aromatic carbocycles. The second-order valence-electron chi connectivity index (χ2n) is 27.7. The minimum atomic E-state index is -1.81. The molecular formula is C86H90Cl2N4O22. The third-order valence-electron chi connectivity index (χ3n) is 19.4. The van der Waals surface area contributed by atoms with Crippen LogP contribution in [0.1, 0.15) is 94.6 Å². The van der Waals surface area contributed by atoms with Gasteiger partial charge in [-0.15, -0.1) is 0 Å². The van der Waals surface area contributed by atoms with Gasteiger partial charge in [-0.05, 0) is 120 Å². The van der Waals surface area contributed by atoms with E-state index in [2.05, 4.69) is 15.3 Å². The number of rotatable bonds is 34. The van der Waals surface area contributed by atoms with E-state index in [9.17, 15) is 29.5 Å². The van der Waals surface area contributed by atoms with E-state index in [-0.39, 0.29) is 65.5 Å². The molecule has 114 heavy (non-hydrogen) atoms. The van der Waals surface area contributed by atoms with Crippen molar-refractivity contribution in [2.45, 2.75) is 191 Å². The Bertz CT molecular complexity index is 4400. The van der Waals surface area contributed by atoms with Gasteiger partial charge in [0.2, 0.25) is 0 Å². The van der Waals surface area contributed by atoms with Crippen molar-refractivity contribution in [3.63, 3.8) is 0 Å². The summed E-state index contributed by atoms with van der Waals surface area (Å²) in [6, 6.07) is 64.3. The smallest absolute Gasteiger partial charge is 0.411 e. The Morgan fingerprint density at radius 2 is 0.877 bits per heavy atom. The van der Waals surface area contributed by atoms with Gasteiger partial charge in [-0.1, -0.05) is 192 Å². The number of benzene rings is 8. The van der Waals surface area contributed by atoms with Gasteiger partial charge in [0, 0.05) is 47.3 Å². The van der Waals surface area contributed by atoms with Gasteiger partial charge in [0.15, 0.2) is 31.3 Å². The maximum atomic E-state index is 13.9. The molecule has 0 aliphatic carbocycles. The molecule has 600 valence electrons. The Labute approximate surface area is 670 Å². The number of carbonyl (C=O) groups excluding carboxylic acids is 5. The van der Waals surface area contributed by atoms with Crippen LogP contribution in [-0.2, 0) is 130 Å². The number of hydrogen-bond acceptors (Lipinski definition) is 23. The molecule has 1 amide bonds. The van der Waals surface area contributed by atoms with Crippen LogP contribution in [0.2, 0.25) is 10.0 Å². The van der Waals surface area contributed by atoms with Crippen molar-refractivity contribution in [2.24, 2.45) is 5.11 Å². The van der Waals surface area contributed by atoms with Crippen LogP contribution in [0.15, 0.2) is 230 Å². The Balaban J connectivity index is 0.951. The largest absolute Gasteiger partial charge is 0.463 e. The summed E-state index contributed by atoms with van der Waals surface area (Å²) in [4.78, 5) is 71.0. The molecule has 0 radical (unpaired) electrons. The molecule has 0 spiro atoms. The van der Waals surface area contributed by atoms with Crippen molar-refractivity contribution in [2.75, 3.05) is 25.1 Å². The zero-order valence-corrected chi connectivity index (χ0v) is 64.6. The SMILES string of the molecule is CC(=O)OC[C@H]1O[C@@H](O[C@@H]2[C@@H](N=[N+]=[N-])[C@H](OCCc3ccc(NC(=O)OCc4ccccc4)cc3)O[C@H](COCc3ccccc3)[C@H]2O[C@@H]2O[C@@H](C)[C@@H](OC(=O)c3ccccc3)C[C@@H]2OCc2ccc(Cl)cc2)[C@H](O[C@@H]2O[C@@H](C)[C@@H](OC(=O)c3ccccc3)C[C@@H]2OCc2ccc(Cl)cc2)[C@@H](OCc2ccccc2)[C@H]1OC(C)=O. The van der Waals surface area contributed by atoms with Gasteiger partial charge in [-0.2, -0.15) is 0 Å². The number of halogens is 2. The number of carbonyl (C=O) groups is 5. The number of amides is 1. The molecule has 4 aliphatic rings. The summed E-state index contributed by atoms with van der Waals surface area (Å²) < 4.78 is 114. The first-order chi connectivity index (χ1) is 55.4. The summed E-state index contributed by atoms with van der Waals surface area (Å²) in [6.45, 7) is 4.86. The number of hydrogen-bond donors (Lipinski definition) is 1. The van der Waals surface area contributed by atoms with Gasteiger partial charge in [-0.3, -0.25) is 14.9 Å². The van der Waals surface area contributed by atoms with Gasteiger partial charge in [0.25, 0.3) is 0 Å². The Kier molecular flexibility index (Phi) is 30.9. The lowest BCUT2D eigenvalue weighted by molar-refractivity contribution is -0.390. The lowest BCUT2D eigenvalue weighted by atomic mass is 9.94. The molecule has 4 saturated heterocycles. The van der Waals surface area contributed by atoms with Crippen molar-refractivity contribution in [1.82, 2.24) is 0 Å². The highest BCUT2D eigenvalue weighted by molar-refractivity contribution is 6.30. The topological polar surface area (TPSA) is 303 Å². The van der Waals surface area contributed by atoms with E-state index in [1.807, 2.05) is 91.0 Å². The molecule has 0 unspecified atom stereocenters. The maximum absolute atomic E-state index is 13.9. The quantitative estimate of drug-likeness (QED) is 0.0129. The zero-order chi connectivity index (χ0) is 79.7. The first kappa shape index (κ1) is 83.7. The normalized spacial score (nSPS) is 26.0. The highest BCUT2D eigenvalue weighted by atomic mass is 35.5. The molecule has 12 rings (SSSR count). The molecule has 4 fully saturated rings. The van der Waals surface area contributed by atoms with Crippen LogP contribution < -0.4 is 5.32 Å². The average Bonchev–Trinajstić information content (AvgIpc) is 0.758.